The van der Waals surface area contributed by atoms with Gasteiger partial charge in [0, 0.05) is 12.8 Å². The first-order chi connectivity index (χ1) is 9.21. The van der Waals surface area contributed by atoms with Crippen molar-refractivity contribution >= 4 is 0 Å². The first-order valence-corrected chi connectivity index (χ1v) is 7.07. The first kappa shape index (κ1) is 14.3. The molecule has 2 rings (SSSR count). The molecule has 1 aliphatic rings. The van der Waals surface area contributed by atoms with E-state index < -0.39 is 0 Å². The summed E-state index contributed by atoms with van der Waals surface area (Å²) in [6, 6.07) is 3.92. The molecule has 1 fully saturated rings. The Bertz CT molecular complexity index is 403. The smallest absolute Gasteiger partial charge is 0.142 e. The van der Waals surface area contributed by atoms with Gasteiger partial charge in [-0.3, -0.25) is 4.98 Å². The lowest BCUT2D eigenvalue weighted by atomic mass is 9.85. The molecule has 0 spiro atoms. The molecule has 2 unspecified atom stereocenters. The lowest BCUT2D eigenvalue weighted by molar-refractivity contribution is -0.0907. The molecule has 0 aliphatic carbocycles. The van der Waals surface area contributed by atoms with E-state index in [0.29, 0.717) is 0 Å². The molecule has 1 aromatic rings. The normalized spacial score (nSPS) is 25.0. The van der Waals surface area contributed by atoms with Crippen molar-refractivity contribution in [3.8, 4) is 5.75 Å². The van der Waals surface area contributed by atoms with Gasteiger partial charge in [0.15, 0.2) is 0 Å². The van der Waals surface area contributed by atoms with Crippen LogP contribution in [0.3, 0.4) is 0 Å². The summed E-state index contributed by atoms with van der Waals surface area (Å²) in [5.41, 5.74) is 0.729. The third kappa shape index (κ3) is 3.07. The standard InChI is InChI=1S/C15H24N2O2/c1-4-16-14(15(2)9-5-6-11-19-15)13-12(18-3)8-7-10-17-13/h7-8,10,14,16H,4-6,9,11H2,1-3H3. The number of nitrogens with zero attached hydrogens (tertiary/aromatic N) is 1. The maximum atomic E-state index is 6.08. The average Bonchev–Trinajstić information content (AvgIpc) is 2.45. The number of ether oxygens (including phenoxy) is 2. The van der Waals surface area contributed by atoms with Crippen LogP contribution in [0.15, 0.2) is 18.3 Å². The van der Waals surface area contributed by atoms with E-state index in [-0.39, 0.29) is 11.6 Å². The highest BCUT2D eigenvalue weighted by Gasteiger charge is 2.39. The van der Waals surface area contributed by atoms with E-state index in [2.05, 4.69) is 24.1 Å². The van der Waals surface area contributed by atoms with Crippen LogP contribution >= 0.6 is 0 Å². The number of hydrogen-bond acceptors (Lipinski definition) is 4. The van der Waals surface area contributed by atoms with Crippen molar-refractivity contribution in [1.82, 2.24) is 10.3 Å². The maximum Gasteiger partial charge on any atom is 0.142 e. The van der Waals surface area contributed by atoms with Crippen LogP contribution in [-0.4, -0.2) is 30.8 Å². The van der Waals surface area contributed by atoms with Crippen molar-refractivity contribution in [2.45, 2.75) is 44.8 Å². The highest BCUT2D eigenvalue weighted by atomic mass is 16.5. The molecular formula is C15H24N2O2. The monoisotopic (exact) mass is 264 g/mol. The van der Waals surface area contributed by atoms with Crippen molar-refractivity contribution in [1.29, 1.82) is 0 Å². The van der Waals surface area contributed by atoms with Crippen molar-refractivity contribution in [3.05, 3.63) is 24.0 Å². The average molecular weight is 264 g/mol. The second-order valence-corrected chi connectivity index (χ2v) is 5.20. The molecule has 4 heteroatoms. The van der Waals surface area contributed by atoms with Gasteiger partial charge in [0.05, 0.1) is 18.8 Å². The Morgan fingerprint density at radius 1 is 1.53 bits per heavy atom. The van der Waals surface area contributed by atoms with Crippen LogP contribution in [0.5, 0.6) is 5.75 Å². The van der Waals surface area contributed by atoms with Crippen LogP contribution in [0.25, 0.3) is 0 Å². The van der Waals surface area contributed by atoms with Crippen LogP contribution in [0, 0.1) is 0 Å². The fraction of sp³-hybridized carbons (Fsp3) is 0.667. The zero-order chi connectivity index (χ0) is 13.7. The molecule has 1 N–H and O–H groups in total. The minimum absolute atomic E-state index is 0.0638. The van der Waals surface area contributed by atoms with Crippen LogP contribution in [-0.2, 0) is 4.74 Å². The summed E-state index contributed by atoms with van der Waals surface area (Å²) in [7, 11) is 1.69. The third-order valence-corrected chi connectivity index (χ3v) is 3.81. The van der Waals surface area contributed by atoms with E-state index in [1.54, 1.807) is 7.11 Å². The molecule has 0 radical (unpaired) electrons. The van der Waals surface area contributed by atoms with Gasteiger partial charge >= 0.3 is 0 Å². The van der Waals surface area contributed by atoms with E-state index in [9.17, 15) is 0 Å². The maximum absolute atomic E-state index is 6.08. The molecular weight excluding hydrogens is 240 g/mol. The van der Waals surface area contributed by atoms with Crippen LogP contribution in [0.4, 0.5) is 0 Å². The topological polar surface area (TPSA) is 43.4 Å². The summed E-state index contributed by atoms with van der Waals surface area (Å²) in [4.78, 5) is 4.52. The predicted molar refractivity (Wildman–Crippen MR) is 75.4 cm³/mol. The van der Waals surface area contributed by atoms with Gasteiger partial charge in [-0.1, -0.05) is 6.92 Å². The van der Waals surface area contributed by atoms with E-state index in [4.69, 9.17) is 9.47 Å². The zero-order valence-corrected chi connectivity index (χ0v) is 12.1. The minimum Gasteiger partial charge on any atom is -0.495 e. The highest BCUT2D eigenvalue weighted by Crippen LogP contribution is 2.38. The number of nitrogens with one attached hydrogen (secondary N) is 1. The van der Waals surface area contributed by atoms with Crippen LogP contribution < -0.4 is 10.1 Å². The number of pyridine rings is 1. The Kier molecular flexibility index (Phi) is 4.77. The molecule has 2 heterocycles. The SMILES string of the molecule is CCNC(c1ncccc1OC)C1(C)CCCCO1. The third-order valence-electron chi connectivity index (χ3n) is 3.81. The van der Waals surface area contributed by atoms with Crippen molar-refractivity contribution < 1.29 is 9.47 Å². The van der Waals surface area contributed by atoms with Crippen molar-refractivity contribution in [3.63, 3.8) is 0 Å². The summed E-state index contributed by atoms with van der Waals surface area (Å²) >= 11 is 0. The Morgan fingerprint density at radius 2 is 2.37 bits per heavy atom. The number of aromatic nitrogens is 1. The first-order valence-electron chi connectivity index (χ1n) is 7.07. The van der Waals surface area contributed by atoms with Gasteiger partial charge in [-0.05, 0) is 44.9 Å². The van der Waals surface area contributed by atoms with Crippen LogP contribution in [0.2, 0.25) is 0 Å². The molecule has 0 amide bonds. The lowest BCUT2D eigenvalue weighted by Crippen LogP contribution is -2.46. The fourth-order valence-electron chi connectivity index (χ4n) is 2.78. The minimum atomic E-state index is -0.212. The molecule has 4 nitrogen and oxygen atoms in total. The summed E-state index contributed by atoms with van der Waals surface area (Å²) in [6.45, 7) is 5.99. The van der Waals surface area contributed by atoms with Gasteiger partial charge in [-0.2, -0.15) is 0 Å². The van der Waals surface area contributed by atoms with Crippen molar-refractivity contribution in [2.75, 3.05) is 20.3 Å². The van der Waals surface area contributed by atoms with Crippen LogP contribution in [0.1, 0.15) is 44.8 Å². The molecule has 19 heavy (non-hydrogen) atoms. The summed E-state index contributed by atoms with van der Waals surface area (Å²) in [6.07, 6.45) is 5.21. The Labute approximate surface area is 115 Å². The van der Waals surface area contributed by atoms with E-state index in [1.807, 2.05) is 18.3 Å². The number of rotatable bonds is 5. The predicted octanol–water partition coefficient (Wildman–Crippen LogP) is 2.70. The number of likely N-dealkylation sites (N-methyl/N-ethyl adjacent to an activating group) is 1. The Morgan fingerprint density at radius 3 is 3.00 bits per heavy atom. The van der Waals surface area contributed by atoms with E-state index >= 15 is 0 Å². The van der Waals surface area contributed by atoms with Gasteiger partial charge in [0.2, 0.25) is 0 Å². The van der Waals surface area contributed by atoms with E-state index in [1.165, 1.54) is 6.42 Å². The Hall–Kier alpha value is -1.13. The molecule has 106 valence electrons. The summed E-state index contributed by atoms with van der Waals surface area (Å²) < 4.78 is 11.5. The fourth-order valence-corrected chi connectivity index (χ4v) is 2.78. The largest absolute Gasteiger partial charge is 0.495 e. The molecule has 2 atom stereocenters. The van der Waals surface area contributed by atoms with Gasteiger partial charge in [0.25, 0.3) is 0 Å². The second-order valence-electron chi connectivity index (χ2n) is 5.20. The molecule has 0 aromatic carbocycles. The molecule has 1 aliphatic heterocycles. The molecule has 1 saturated heterocycles. The zero-order valence-electron chi connectivity index (χ0n) is 12.1. The van der Waals surface area contributed by atoms with Gasteiger partial charge in [0.1, 0.15) is 11.4 Å². The molecule has 0 saturated carbocycles. The second kappa shape index (κ2) is 6.35. The van der Waals surface area contributed by atoms with Gasteiger partial charge in [-0.15, -0.1) is 0 Å². The number of hydrogen-bond donors (Lipinski definition) is 1. The van der Waals surface area contributed by atoms with E-state index in [0.717, 1.165) is 37.4 Å². The molecule has 0 bridgehead atoms. The quantitative estimate of drug-likeness (QED) is 0.888. The highest BCUT2D eigenvalue weighted by molar-refractivity contribution is 5.31. The molecule has 1 aromatic heterocycles. The lowest BCUT2D eigenvalue weighted by Gasteiger charge is -2.41. The van der Waals surface area contributed by atoms with Gasteiger partial charge in [-0.25, -0.2) is 0 Å². The number of methoxy groups -OCH3 is 1. The Balaban J connectivity index is 2.33. The summed E-state index contributed by atoms with van der Waals surface area (Å²) in [5, 5.41) is 3.52. The van der Waals surface area contributed by atoms with Crippen molar-refractivity contribution in [2.24, 2.45) is 0 Å². The summed E-state index contributed by atoms with van der Waals surface area (Å²) in [5.74, 6) is 0.823. The van der Waals surface area contributed by atoms with Gasteiger partial charge < -0.3 is 14.8 Å².